The van der Waals surface area contributed by atoms with Crippen molar-refractivity contribution in [1.29, 1.82) is 0 Å². The second-order valence-electron chi connectivity index (χ2n) is 3.80. The van der Waals surface area contributed by atoms with Crippen LogP contribution in [0.25, 0.3) is 0 Å². The van der Waals surface area contributed by atoms with E-state index in [1.54, 1.807) is 0 Å². The van der Waals surface area contributed by atoms with E-state index in [0.717, 1.165) is 12.3 Å². The van der Waals surface area contributed by atoms with E-state index in [9.17, 15) is 0 Å². The van der Waals surface area contributed by atoms with E-state index in [1.165, 1.54) is 12.0 Å². The normalized spacial score (nSPS) is 38.1. The predicted octanol–water partition coefficient (Wildman–Crippen LogP) is 2.82. The topological polar surface area (TPSA) is 12.4 Å². The number of hydrogen-bond donors (Lipinski definition) is 0. The molecule has 0 aliphatic heterocycles. The fourth-order valence-corrected chi connectivity index (χ4v) is 1.60. The molecule has 0 aromatic rings. The van der Waals surface area contributed by atoms with Crippen LogP contribution in [0.1, 0.15) is 33.6 Å². The SMILES string of the molecule is C=NC1(C)CCC(C)C=C1C. The Kier molecular flexibility index (Phi) is 2.17. The lowest BCUT2D eigenvalue weighted by Crippen LogP contribution is -2.27. The Labute approximate surface area is 69.2 Å². The first-order chi connectivity index (χ1) is 5.08. The van der Waals surface area contributed by atoms with Crippen molar-refractivity contribution in [3.63, 3.8) is 0 Å². The fourth-order valence-electron chi connectivity index (χ4n) is 1.60. The molecule has 1 aliphatic rings. The number of hydrogen-bond acceptors (Lipinski definition) is 1. The molecule has 0 saturated heterocycles. The molecule has 1 aliphatic carbocycles. The maximum atomic E-state index is 4.18. The molecule has 0 fully saturated rings. The van der Waals surface area contributed by atoms with Crippen molar-refractivity contribution in [2.45, 2.75) is 39.2 Å². The summed E-state index contributed by atoms with van der Waals surface area (Å²) in [5.41, 5.74) is 1.42. The molecule has 0 N–H and O–H groups in total. The zero-order valence-electron chi connectivity index (χ0n) is 7.72. The molecule has 2 atom stereocenters. The standard InChI is InChI=1S/C10H17N/c1-8-5-6-10(3,11-4)9(2)7-8/h7-8H,4-6H2,1-3H3. The van der Waals surface area contributed by atoms with Crippen molar-refractivity contribution in [1.82, 2.24) is 0 Å². The first-order valence-electron chi connectivity index (χ1n) is 4.25. The summed E-state index contributed by atoms with van der Waals surface area (Å²) in [6, 6.07) is 0. The Bertz CT molecular complexity index is 193. The largest absolute Gasteiger partial charge is 0.290 e. The van der Waals surface area contributed by atoms with Crippen LogP contribution >= 0.6 is 0 Å². The van der Waals surface area contributed by atoms with E-state index < -0.39 is 0 Å². The minimum absolute atomic E-state index is 0.0342. The predicted molar refractivity (Wildman–Crippen MR) is 50.1 cm³/mol. The van der Waals surface area contributed by atoms with Crippen LogP contribution < -0.4 is 0 Å². The summed E-state index contributed by atoms with van der Waals surface area (Å²) in [4.78, 5) is 4.18. The first-order valence-corrected chi connectivity index (χ1v) is 4.25. The fraction of sp³-hybridized carbons (Fsp3) is 0.700. The highest BCUT2D eigenvalue weighted by atomic mass is 14.8. The molecule has 0 aromatic carbocycles. The van der Waals surface area contributed by atoms with Crippen molar-refractivity contribution in [2.24, 2.45) is 10.9 Å². The van der Waals surface area contributed by atoms with E-state index in [0.29, 0.717) is 0 Å². The van der Waals surface area contributed by atoms with Gasteiger partial charge < -0.3 is 0 Å². The number of aliphatic imine (C=N–C) groups is 1. The van der Waals surface area contributed by atoms with E-state index >= 15 is 0 Å². The first kappa shape index (κ1) is 8.51. The van der Waals surface area contributed by atoms with Crippen LogP contribution in [0.15, 0.2) is 16.6 Å². The second-order valence-corrected chi connectivity index (χ2v) is 3.80. The van der Waals surface area contributed by atoms with Gasteiger partial charge in [0.2, 0.25) is 0 Å². The van der Waals surface area contributed by atoms with Gasteiger partial charge in [0.1, 0.15) is 0 Å². The highest BCUT2D eigenvalue weighted by molar-refractivity contribution is 5.32. The second kappa shape index (κ2) is 2.80. The molecule has 11 heavy (non-hydrogen) atoms. The highest BCUT2D eigenvalue weighted by Crippen LogP contribution is 2.33. The minimum atomic E-state index is 0.0342. The van der Waals surface area contributed by atoms with Gasteiger partial charge in [-0.25, -0.2) is 0 Å². The van der Waals surface area contributed by atoms with Crippen LogP contribution in [0, 0.1) is 5.92 Å². The Balaban J connectivity index is 2.87. The van der Waals surface area contributed by atoms with Gasteiger partial charge in [0, 0.05) is 0 Å². The van der Waals surface area contributed by atoms with E-state index in [1.807, 2.05) is 0 Å². The number of rotatable bonds is 1. The van der Waals surface area contributed by atoms with Gasteiger partial charge >= 0.3 is 0 Å². The average molecular weight is 151 g/mol. The Morgan fingerprint density at radius 2 is 2.36 bits per heavy atom. The summed E-state index contributed by atoms with van der Waals surface area (Å²) in [5.74, 6) is 0.727. The smallest absolute Gasteiger partial charge is 0.0779 e. The molecule has 0 saturated carbocycles. The van der Waals surface area contributed by atoms with Gasteiger partial charge in [-0.2, -0.15) is 0 Å². The van der Waals surface area contributed by atoms with Crippen LogP contribution in [0.5, 0.6) is 0 Å². The molecule has 1 heteroatoms. The van der Waals surface area contributed by atoms with Gasteiger partial charge in [0.25, 0.3) is 0 Å². The quantitative estimate of drug-likeness (QED) is 0.403. The molecular formula is C10H17N. The zero-order valence-corrected chi connectivity index (χ0v) is 7.72. The molecular weight excluding hydrogens is 134 g/mol. The van der Waals surface area contributed by atoms with Crippen molar-refractivity contribution in [2.75, 3.05) is 0 Å². The van der Waals surface area contributed by atoms with E-state index in [2.05, 4.69) is 38.6 Å². The highest BCUT2D eigenvalue weighted by Gasteiger charge is 2.28. The molecule has 0 spiro atoms. The third-order valence-electron chi connectivity index (χ3n) is 2.82. The van der Waals surface area contributed by atoms with E-state index in [4.69, 9.17) is 0 Å². The molecule has 1 nitrogen and oxygen atoms in total. The lowest BCUT2D eigenvalue weighted by atomic mass is 9.79. The summed E-state index contributed by atoms with van der Waals surface area (Å²) in [5, 5.41) is 0. The van der Waals surface area contributed by atoms with Crippen LogP contribution in [0.3, 0.4) is 0 Å². The molecule has 62 valence electrons. The van der Waals surface area contributed by atoms with Gasteiger partial charge in [-0.05, 0) is 44.9 Å². The van der Waals surface area contributed by atoms with Crippen molar-refractivity contribution in [3.8, 4) is 0 Å². The Morgan fingerprint density at radius 3 is 2.82 bits per heavy atom. The van der Waals surface area contributed by atoms with Gasteiger partial charge in [0.15, 0.2) is 0 Å². The van der Waals surface area contributed by atoms with Crippen molar-refractivity contribution >= 4 is 6.72 Å². The summed E-state index contributed by atoms with van der Waals surface area (Å²) in [6.45, 7) is 10.2. The monoisotopic (exact) mass is 151 g/mol. The van der Waals surface area contributed by atoms with Crippen LogP contribution in [0.4, 0.5) is 0 Å². The van der Waals surface area contributed by atoms with Gasteiger partial charge in [-0.15, -0.1) is 0 Å². The van der Waals surface area contributed by atoms with Crippen molar-refractivity contribution < 1.29 is 0 Å². The summed E-state index contributed by atoms with van der Waals surface area (Å²) in [7, 11) is 0. The van der Waals surface area contributed by atoms with Gasteiger partial charge in [0.05, 0.1) is 5.54 Å². The number of nitrogens with zero attached hydrogens (tertiary/aromatic N) is 1. The lowest BCUT2D eigenvalue weighted by Gasteiger charge is -2.31. The Morgan fingerprint density at radius 1 is 1.73 bits per heavy atom. The number of allylic oxidation sites excluding steroid dienone is 1. The molecule has 0 radical (unpaired) electrons. The zero-order chi connectivity index (χ0) is 8.48. The average Bonchev–Trinajstić information content (AvgIpc) is 1.98. The summed E-state index contributed by atoms with van der Waals surface area (Å²) >= 11 is 0. The summed E-state index contributed by atoms with van der Waals surface area (Å²) in [6.07, 6.45) is 4.71. The van der Waals surface area contributed by atoms with Crippen LogP contribution in [0.2, 0.25) is 0 Å². The molecule has 2 unspecified atom stereocenters. The molecule has 0 bridgehead atoms. The van der Waals surface area contributed by atoms with E-state index in [-0.39, 0.29) is 5.54 Å². The summed E-state index contributed by atoms with van der Waals surface area (Å²) < 4.78 is 0. The molecule has 1 rings (SSSR count). The molecule has 0 heterocycles. The van der Waals surface area contributed by atoms with Crippen molar-refractivity contribution in [3.05, 3.63) is 11.6 Å². The molecule has 0 aromatic heterocycles. The maximum Gasteiger partial charge on any atom is 0.0779 e. The third-order valence-corrected chi connectivity index (χ3v) is 2.82. The van der Waals surface area contributed by atoms with Crippen LogP contribution in [-0.4, -0.2) is 12.3 Å². The Hall–Kier alpha value is -0.590. The lowest BCUT2D eigenvalue weighted by molar-refractivity contribution is 0.421. The maximum absolute atomic E-state index is 4.18. The van der Waals surface area contributed by atoms with Gasteiger partial charge in [-0.3, -0.25) is 4.99 Å². The minimum Gasteiger partial charge on any atom is -0.290 e. The van der Waals surface area contributed by atoms with Crippen LogP contribution in [-0.2, 0) is 0 Å². The van der Waals surface area contributed by atoms with Gasteiger partial charge in [-0.1, -0.05) is 13.0 Å². The molecule has 0 amide bonds. The third kappa shape index (κ3) is 1.52.